The fraction of sp³-hybridized carbons (Fsp3) is 0.222. The van der Waals surface area contributed by atoms with Gasteiger partial charge in [-0.3, -0.25) is 9.78 Å². The average Bonchev–Trinajstić information content (AvgIpc) is 3.03. The van der Waals surface area contributed by atoms with Gasteiger partial charge in [0, 0.05) is 11.6 Å². The van der Waals surface area contributed by atoms with Crippen molar-refractivity contribution in [1.82, 2.24) is 20.3 Å². The van der Waals surface area contributed by atoms with Gasteiger partial charge in [-0.15, -0.1) is 0 Å². The number of benzene rings is 1. The molecule has 0 saturated carbocycles. The van der Waals surface area contributed by atoms with Crippen LogP contribution < -0.4 is 15.8 Å². The molecule has 1 unspecified atom stereocenters. The summed E-state index contributed by atoms with van der Waals surface area (Å²) in [5, 5.41) is 3.62. The fourth-order valence-corrected chi connectivity index (χ4v) is 3.26. The zero-order valence-electron chi connectivity index (χ0n) is 13.7. The number of hydrogen-bond donors (Lipinski definition) is 2. The second-order valence-electron chi connectivity index (χ2n) is 5.90. The van der Waals surface area contributed by atoms with Crippen LogP contribution in [0.4, 0.5) is 5.95 Å². The molecule has 1 aliphatic rings. The maximum absolute atomic E-state index is 12.9. The Morgan fingerprint density at radius 2 is 2.16 bits per heavy atom. The maximum Gasteiger partial charge on any atom is 0.271 e. The number of pyridine rings is 1. The monoisotopic (exact) mass is 335 g/mol. The highest BCUT2D eigenvalue weighted by Gasteiger charge is 2.27. The first-order valence-corrected chi connectivity index (χ1v) is 8.02. The van der Waals surface area contributed by atoms with Crippen molar-refractivity contribution in [3.63, 3.8) is 0 Å². The molecular formula is C18H17N5O2. The van der Waals surface area contributed by atoms with Gasteiger partial charge in [0.2, 0.25) is 5.95 Å². The molecule has 0 fully saturated rings. The van der Waals surface area contributed by atoms with Crippen molar-refractivity contribution < 1.29 is 9.53 Å². The molecule has 3 aromatic rings. The van der Waals surface area contributed by atoms with Crippen molar-refractivity contribution in [1.29, 1.82) is 0 Å². The lowest BCUT2D eigenvalue weighted by atomic mass is 10.1. The summed E-state index contributed by atoms with van der Waals surface area (Å²) in [5.41, 5.74) is 8.65. The van der Waals surface area contributed by atoms with Crippen molar-refractivity contribution in [3.05, 3.63) is 53.5 Å². The van der Waals surface area contributed by atoms with Crippen LogP contribution in [0.1, 0.15) is 34.2 Å². The normalized spacial score (nSPS) is 15.8. The van der Waals surface area contributed by atoms with Gasteiger partial charge < -0.3 is 15.8 Å². The summed E-state index contributed by atoms with van der Waals surface area (Å²) in [4.78, 5) is 25.6. The number of nitrogen functional groups attached to an aromatic ring is 1. The Morgan fingerprint density at radius 1 is 1.28 bits per heavy atom. The molecule has 7 heteroatoms. The number of fused-ring (bicyclic) bond motifs is 2. The van der Waals surface area contributed by atoms with E-state index in [1.807, 2.05) is 12.1 Å². The third kappa shape index (κ3) is 2.63. The zero-order valence-corrected chi connectivity index (χ0v) is 13.7. The number of para-hydroxylation sites is 1. The van der Waals surface area contributed by atoms with Gasteiger partial charge in [0.1, 0.15) is 17.0 Å². The van der Waals surface area contributed by atoms with Crippen molar-refractivity contribution in [2.75, 3.05) is 12.8 Å². The molecule has 3 N–H and O–H groups in total. The van der Waals surface area contributed by atoms with E-state index in [1.54, 1.807) is 31.5 Å². The lowest BCUT2D eigenvalue weighted by Gasteiger charge is -2.14. The van der Waals surface area contributed by atoms with E-state index in [4.69, 9.17) is 10.5 Å². The standard InChI is InChI=1S/C18H17N5O2/c1-25-13-6-2-5-11-15(13)22-18(19)23-16(11)17(24)21-12-8-7-10-4-3-9-20-14(10)12/h2-6,9,12H,7-8H2,1H3,(H,21,24)(H2,19,22,23). The van der Waals surface area contributed by atoms with E-state index >= 15 is 0 Å². The minimum Gasteiger partial charge on any atom is -0.494 e. The topological polar surface area (TPSA) is 103 Å². The molecular weight excluding hydrogens is 318 g/mol. The van der Waals surface area contributed by atoms with Crippen molar-refractivity contribution in [2.45, 2.75) is 18.9 Å². The van der Waals surface area contributed by atoms with Gasteiger partial charge in [-0.2, -0.15) is 0 Å². The average molecular weight is 335 g/mol. The number of rotatable bonds is 3. The molecule has 1 aliphatic carbocycles. The number of nitrogens with zero attached hydrogens (tertiary/aromatic N) is 3. The molecule has 4 rings (SSSR count). The minimum absolute atomic E-state index is 0.0343. The number of carbonyl (C=O) groups excluding carboxylic acids is 1. The summed E-state index contributed by atoms with van der Waals surface area (Å²) in [6, 6.07) is 9.18. The van der Waals surface area contributed by atoms with Gasteiger partial charge >= 0.3 is 0 Å². The highest BCUT2D eigenvalue weighted by molar-refractivity contribution is 6.06. The molecule has 1 aromatic carbocycles. The fourth-order valence-electron chi connectivity index (χ4n) is 3.26. The SMILES string of the molecule is COc1cccc2c(C(=O)NC3CCc4cccnc43)nc(N)nc12. The molecule has 126 valence electrons. The van der Waals surface area contributed by atoms with Crippen LogP contribution in [0.5, 0.6) is 5.75 Å². The van der Waals surface area contributed by atoms with Crippen LogP contribution in [0, 0.1) is 0 Å². The first kappa shape index (κ1) is 15.3. The highest BCUT2D eigenvalue weighted by atomic mass is 16.5. The number of methoxy groups -OCH3 is 1. The number of anilines is 1. The highest BCUT2D eigenvalue weighted by Crippen LogP contribution is 2.30. The van der Waals surface area contributed by atoms with Crippen LogP contribution in [0.25, 0.3) is 10.9 Å². The second kappa shape index (κ2) is 6.01. The largest absolute Gasteiger partial charge is 0.494 e. The second-order valence-corrected chi connectivity index (χ2v) is 5.90. The number of nitrogens with two attached hydrogens (primary N) is 1. The van der Waals surface area contributed by atoms with Crippen LogP contribution in [0.3, 0.4) is 0 Å². The van der Waals surface area contributed by atoms with Gasteiger partial charge in [-0.1, -0.05) is 18.2 Å². The Balaban J connectivity index is 1.72. The number of ether oxygens (including phenoxy) is 1. The zero-order chi connectivity index (χ0) is 17.4. The molecule has 1 atom stereocenters. The summed E-state index contributed by atoms with van der Waals surface area (Å²) in [6.45, 7) is 0. The van der Waals surface area contributed by atoms with Crippen LogP contribution in [-0.2, 0) is 6.42 Å². The van der Waals surface area contributed by atoms with Gasteiger partial charge in [0.25, 0.3) is 5.91 Å². The predicted molar refractivity (Wildman–Crippen MR) is 93.3 cm³/mol. The van der Waals surface area contributed by atoms with Crippen LogP contribution in [0.15, 0.2) is 36.5 Å². The van der Waals surface area contributed by atoms with Crippen molar-refractivity contribution in [3.8, 4) is 5.75 Å². The summed E-state index contributed by atoms with van der Waals surface area (Å²) in [6.07, 6.45) is 3.46. The van der Waals surface area contributed by atoms with E-state index in [0.29, 0.717) is 16.7 Å². The summed E-state index contributed by atoms with van der Waals surface area (Å²) >= 11 is 0. The Hall–Kier alpha value is -3.22. The minimum atomic E-state index is -0.296. The maximum atomic E-state index is 12.9. The first-order valence-electron chi connectivity index (χ1n) is 8.02. The van der Waals surface area contributed by atoms with Crippen molar-refractivity contribution >= 4 is 22.8 Å². The molecule has 0 aliphatic heterocycles. The summed E-state index contributed by atoms with van der Waals surface area (Å²) in [5.74, 6) is 0.288. The number of aromatic nitrogens is 3. The van der Waals surface area contributed by atoms with Crippen molar-refractivity contribution in [2.24, 2.45) is 0 Å². The van der Waals surface area contributed by atoms with E-state index in [0.717, 1.165) is 18.5 Å². The van der Waals surface area contributed by atoms with E-state index in [9.17, 15) is 4.79 Å². The molecule has 0 spiro atoms. The third-order valence-electron chi connectivity index (χ3n) is 4.41. The van der Waals surface area contributed by atoms with Crippen LogP contribution >= 0.6 is 0 Å². The van der Waals surface area contributed by atoms with E-state index < -0.39 is 0 Å². The summed E-state index contributed by atoms with van der Waals surface area (Å²) < 4.78 is 5.31. The Kier molecular flexibility index (Phi) is 3.68. The Morgan fingerprint density at radius 3 is 3.00 bits per heavy atom. The van der Waals surface area contributed by atoms with E-state index in [1.165, 1.54) is 5.56 Å². The molecule has 2 heterocycles. The first-order chi connectivity index (χ1) is 12.2. The van der Waals surface area contributed by atoms with Gasteiger partial charge in [-0.25, -0.2) is 9.97 Å². The number of nitrogens with one attached hydrogen (secondary N) is 1. The molecule has 7 nitrogen and oxygen atoms in total. The number of amides is 1. The van der Waals surface area contributed by atoms with Gasteiger partial charge in [0.15, 0.2) is 0 Å². The Labute approximate surface area is 144 Å². The number of aryl methyl sites for hydroxylation is 1. The lowest BCUT2D eigenvalue weighted by molar-refractivity contribution is 0.0933. The summed E-state index contributed by atoms with van der Waals surface area (Å²) in [7, 11) is 1.55. The molecule has 0 bridgehead atoms. The number of carbonyl (C=O) groups is 1. The third-order valence-corrected chi connectivity index (χ3v) is 4.41. The van der Waals surface area contributed by atoms with Gasteiger partial charge in [0.05, 0.1) is 18.8 Å². The molecule has 1 amide bonds. The number of hydrogen-bond acceptors (Lipinski definition) is 6. The molecule has 2 aromatic heterocycles. The smallest absolute Gasteiger partial charge is 0.271 e. The quantitative estimate of drug-likeness (QED) is 0.759. The van der Waals surface area contributed by atoms with Crippen LogP contribution in [0.2, 0.25) is 0 Å². The Bertz CT molecular complexity index is 973. The molecule has 0 saturated heterocycles. The van der Waals surface area contributed by atoms with Gasteiger partial charge in [-0.05, 0) is 30.5 Å². The van der Waals surface area contributed by atoms with E-state index in [-0.39, 0.29) is 23.6 Å². The lowest BCUT2D eigenvalue weighted by Crippen LogP contribution is -2.29. The van der Waals surface area contributed by atoms with E-state index in [2.05, 4.69) is 20.3 Å². The molecule has 25 heavy (non-hydrogen) atoms. The predicted octanol–water partition coefficient (Wildman–Crippen LogP) is 2.03. The van der Waals surface area contributed by atoms with Crippen LogP contribution in [-0.4, -0.2) is 28.0 Å². The molecule has 0 radical (unpaired) electrons.